The summed E-state index contributed by atoms with van der Waals surface area (Å²) in [5.74, 6) is 0.496. The highest BCUT2D eigenvalue weighted by Crippen LogP contribution is 2.24. The minimum atomic E-state index is 0.150. The summed E-state index contributed by atoms with van der Waals surface area (Å²) in [6, 6.07) is 5.65. The SMILES string of the molecule is CC(C)c1cc(C(=O)N2CCCCC2)ccc1N. The van der Waals surface area contributed by atoms with Gasteiger partial charge in [-0.2, -0.15) is 0 Å². The first kappa shape index (κ1) is 12.9. The Kier molecular flexibility index (Phi) is 3.90. The van der Waals surface area contributed by atoms with Gasteiger partial charge in [-0.1, -0.05) is 13.8 Å². The molecule has 2 N–H and O–H groups in total. The molecule has 3 heteroatoms. The van der Waals surface area contributed by atoms with E-state index in [0.29, 0.717) is 5.92 Å². The third-order valence-corrected chi connectivity index (χ3v) is 3.60. The van der Waals surface area contributed by atoms with Crippen LogP contribution in [0.5, 0.6) is 0 Å². The third kappa shape index (κ3) is 2.66. The summed E-state index contributed by atoms with van der Waals surface area (Å²) in [4.78, 5) is 14.3. The van der Waals surface area contributed by atoms with Crippen LogP contribution in [0.3, 0.4) is 0 Å². The van der Waals surface area contributed by atoms with Gasteiger partial charge in [0.25, 0.3) is 5.91 Å². The molecule has 2 rings (SSSR count). The number of anilines is 1. The number of amides is 1. The minimum Gasteiger partial charge on any atom is -0.398 e. The van der Waals surface area contributed by atoms with Gasteiger partial charge >= 0.3 is 0 Å². The molecule has 1 aliphatic rings. The second kappa shape index (κ2) is 5.42. The van der Waals surface area contributed by atoms with E-state index in [9.17, 15) is 4.79 Å². The van der Waals surface area contributed by atoms with Crippen molar-refractivity contribution < 1.29 is 4.79 Å². The molecule has 1 saturated heterocycles. The molecule has 3 nitrogen and oxygen atoms in total. The van der Waals surface area contributed by atoms with E-state index in [4.69, 9.17) is 5.73 Å². The lowest BCUT2D eigenvalue weighted by molar-refractivity contribution is 0.0724. The Morgan fingerprint density at radius 3 is 2.50 bits per heavy atom. The van der Waals surface area contributed by atoms with E-state index in [0.717, 1.165) is 42.7 Å². The number of likely N-dealkylation sites (tertiary alicyclic amines) is 1. The van der Waals surface area contributed by atoms with Crippen LogP contribution in [-0.4, -0.2) is 23.9 Å². The van der Waals surface area contributed by atoms with Crippen LogP contribution in [0.2, 0.25) is 0 Å². The second-order valence-electron chi connectivity index (χ2n) is 5.35. The summed E-state index contributed by atoms with van der Waals surface area (Å²) in [7, 11) is 0. The summed E-state index contributed by atoms with van der Waals surface area (Å²) in [6.07, 6.45) is 3.48. The molecule has 0 saturated carbocycles. The number of carbonyl (C=O) groups is 1. The lowest BCUT2D eigenvalue weighted by Crippen LogP contribution is -2.35. The van der Waals surface area contributed by atoms with E-state index in [2.05, 4.69) is 13.8 Å². The smallest absolute Gasteiger partial charge is 0.253 e. The van der Waals surface area contributed by atoms with Crippen molar-refractivity contribution in [2.75, 3.05) is 18.8 Å². The van der Waals surface area contributed by atoms with Crippen LogP contribution in [0, 0.1) is 0 Å². The molecule has 0 unspecified atom stereocenters. The van der Waals surface area contributed by atoms with Crippen molar-refractivity contribution in [2.24, 2.45) is 0 Å². The normalized spacial score (nSPS) is 16.1. The van der Waals surface area contributed by atoms with Crippen molar-refractivity contribution in [1.29, 1.82) is 0 Å². The maximum Gasteiger partial charge on any atom is 0.253 e. The van der Waals surface area contributed by atoms with Gasteiger partial charge in [0.15, 0.2) is 0 Å². The summed E-state index contributed by atoms with van der Waals surface area (Å²) in [5, 5.41) is 0. The molecule has 0 atom stereocenters. The predicted molar refractivity (Wildman–Crippen MR) is 74.7 cm³/mol. The first-order valence-electron chi connectivity index (χ1n) is 6.78. The van der Waals surface area contributed by atoms with Crippen molar-refractivity contribution in [2.45, 2.75) is 39.0 Å². The van der Waals surface area contributed by atoms with Crippen LogP contribution in [0.4, 0.5) is 5.69 Å². The van der Waals surface area contributed by atoms with Crippen molar-refractivity contribution in [3.05, 3.63) is 29.3 Å². The van der Waals surface area contributed by atoms with E-state index in [1.165, 1.54) is 6.42 Å². The monoisotopic (exact) mass is 246 g/mol. The highest BCUT2D eigenvalue weighted by Gasteiger charge is 2.19. The fraction of sp³-hybridized carbons (Fsp3) is 0.533. The number of nitrogen functional groups attached to an aromatic ring is 1. The molecule has 0 bridgehead atoms. The standard InChI is InChI=1S/C15H22N2O/c1-11(2)13-10-12(6-7-14(13)16)15(18)17-8-4-3-5-9-17/h6-7,10-11H,3-5,8-9,16H2,1-2H3. The quantitative estimate of drug-likeness (QED) is 0.815. The van der Waals surface area contributed by atoms with Crippen LogP contribution in [0.15, 0.2) is 18.2 Å². The van der Waals surface area contributed by atoms with Crippen LogP contribution < -0.4 is 5.73 Å². The molecular weight excluding hydrogens is 224 g/mol. The molecule has 98 valence electrons. The lowest BCUT2D eigenvalue weighted by Gasteiger charge is -2.27. The van der Waals surface area contributed by atoms with Gasteiger partial charge in [0.1, 0.15) is 0 Å². The highest BCUT2D eigenvalue weighted by molar-refractivity contribution is 5.95. The lowest BCUT2D eigenvalue weighted by atomic mass is 9.98. The Bertz CT molecular complexity index is 434. The fourth-order valence-electron chi connectivity index (χ4n) is 2.49. The van der Waals surface area contributed by atoms with Crippen LogP contribution in [0.25, 0.3) is 0 Å². The van der Waals surface area contributed by atoms with Crippen molar-refractivity contribution in [3.63, 3.8) is 0 Å². The number of piperidine rings is 1. The van der Waals surface area contributed by atoms with Crippen molar-refractivity contribution in [1.82, 2.24) is 4.90 Å². The number of hydrogen-bond acceptors (Lipinski definition) is 2. The van der Waals surface area contributed by atoms with Gasteiger partial charge in [0.05, 0.1) is 0 Å². The largest absolute Gasteiger partial charge is 0.398 e. The molecule has 18 heavy (non-hydrogen) atoms. The van der Waals surface area contributed by atoms with Crippen LogP contribution >= 0.6 is 0 Å². The van der Waals surface area contributed by atoms with Crippen molar-refractivity contribution in [3.8, 4) is 0 Å². The Hall–Kier alpha value is -1.51. The number of rotatable bonds is 2. The van der Waals surface area contributed by atoms with E-state index in [-0.39, 0.29) is 5.91 Å². The molecule has 1 aliphatic heterocycles. The second-order valence-corrected chi connectivity index (χ2v) is 5.35. The molecular formula is C15H22N2O. The zero-order chi connectivity index (χ0) is 13.1. The molecule has 1 heterocycles. The average molecular weight is 246 g/mol. The maximum absolute atomic E-state index is 12.4. The molecule has 0 spiro atoms. The number of nitrogens with zero attached hydrogens (tertiary/aromatic N) is 1. The molecule has 0 aliphatic carbocycles. The van der Waals surface area contributed by atoms with Gasteiger partial charge in [0.2, 0.25) is 0 Å². The number of nitrogens with two attached hydrogens (primary N) is 1. The van der Waals surface area contributed by atoms with Gasteiger partial charge in [-0.05, 0) is 48.9 Å². The Morgan fingerprint density at radius 2 is 1.89 bits per heavy atom. The van der Waals surface area contributed by atoms with Gasteiger partial charge in [-0.15, -0.1) is 0 Å². The van der Waals surface area contributed by atoms with Gasteiger partial charge in [-0.3, -0.25) is 4.79 Å². The average Bonchev–Trinajstić information content (AvgIpc) is 2.39. The third-order valence-electron chi connectivity index (χ3n) is 3.60. The van der Waals surface area contributed by atoms with E-state index >= 15 is 0 Å². The van der Waals surface area contributed by atoms with Crippen molar-refractivity contribution >= 4 is 11.6 Å². The summed E-state index contributed by atoms with van der Waals surface area (Å²) in [5.41, 5.74) is 8.56. The summed E-state index contributed by atoms with van der Waals surface area (Å²) < 4.78 is 0. The molecule has 1 aromatic rings. The Balaban J connectivity index is 2.22. The van der Waals surface area contributed by atoms with E-state index in [1.54, 1.807) is 0 Å². The zero-order valence-corrected chi connectivity index (χ0v) is 11.3. The predicted octanol–water partition coefficient (Wildman–Crippen LogP) is 3.02. The first-order chi connectivity index (χ1) is 8.59. The molecule has 1 amide bonds. The fourth-order valence-corrected chi connectivity index (χ4v) is 2.49. The first-order valence-corrected chi connectivity index (χ1v) is 6.78. The maximum atomic E-state index is 12.4. The number of carbonyl (C=O) groups excluding carboxylic acids is 1. The van der Waals surface area contributed by atoms with Gasteiger partial charge < -0.3 is 10.6 Å². The number of hydrogen-bond donors (Lipinski definition) is 1. The van der Waals surface area contributed by atoms with E-state index in [1.807, 2.05) is 23.1 Å². The van der Waals surface area contributed by atoms with E-state index < -0.39 is 0 Å². The highest BCUT2D eigenvalue weighted by atomic mass is 16.2. The van der Waals surface area contributed by atoms with Gasteiger partial charge in [0, 0.05) is 24.3 Å². The Morgan fingerprint density at radius 1 is 1.22 bits per heavy atom. The Labute approximate surface area is 109 Å². The molecule has 1 aromatic carbocycles. The number of benzene rings is 1. The topological polar surface area (TPSA) is 46.3 Å². The molecule has 0 radical (unpaired) electrons. The summed E-state index contributed by atoms with van der Waals surface area (Å²) in [6.45, 7) is 5.97. The molecule has 1 fully saturated rings. The zero-order valence-electron chi connectivity index (χ0n) is 11.3. The minimum absolute atomic E-state index is 0.150. The molecule has 0 aromatic heterocycles. The van der Waals surface area contributed by atoms with Gasteiger partial charge in [-0.25, -0.2) is 0 Å². The van der Waals surface area contributed by atoms with Crippen LogP contribution in [-0.2, 0) is 0 Å². The van der Waals surface area contributed by atoms with Crippen LogP contribution in [0.1, 0.15) is 54.9 Å². The summed E-state index contributed by atoms with van der Waals surface area (Å²) >= 11 is 0.